The molecule has 464 valence electrons. The van der Waals surface area contributed by atoms with Gasteiger partial charge in [0, 0.05) is 0 Å². The molecule has 2 aromatic rings. The second-order valence-corrected chi connectivity index (χ2v) is 37.9. The molecule has 11 rings (SSSR count). The van der Waals surface area contributed by atoms with Crippen LogP contribution in [0.4, 0.5) is 0 Å². The zero-order chi connectivity index (χ0) is 59.9. The third-order valence-electron chi connectivity index (χ3n) is 26.3. The van der Waals surface area contributed by atoms with Crippen LogP contribution in [0.25, 0.3) is 0 Å². The molecule has 8 saturated carbocycles. The second kappa shape index (κ2) is 23.6. The molecule has 0 aromatic heterocycles. The molecule has 1 heterocycles. The predicted octanol–water partition coefficient (Wildman–Crippen LogP) is 16.4. The van der Waals surface area contributed by atoms with E-state index in [1.54, 1.807) is 36.4 Å². The molecular weight excluding hydrogens is 1060 g/mol. The van der Waals surface area contributed by atoms with Crippen LogP contribution in [0.3, 0.4) is 0 Å². The molecule has 1 saturated heterocycles. The molecule has 21 atom stereocenters. The molecule has 0 amide bonds. The number of ether oxygens (including phenoxy) is 1. The van der Waals surface area contributed by atoms with Crippen LogP contribution in [-0.4, -0.2) is 73.2 Å². The Hall–Kier alpha value is -1.82. The number of hydrogen-bond acceptors (Lipinski definition) is 8. The van der Waals surface area contributed by atoms with Gasteiger partial charge in [0.15, 0.2) is 19.7 Å². The molecule has 0 radical (unpaired) electrons. The molecule has 82 heavy (non-hydrogen) atoms. The predicted molar refractivity (Wildman–Crippen MR) is 334 cm³/mol. The van der Waals surface area contributed by atoms with Crippen molar-refractivity contribution in [3.63, 3.8) is 0 Å². The topological polar surface area (TPSA) is 142 Å². The maximum absolute atomic E-state index is 14.0. The van der Waals surface area contributed by atoms with E-state index in [-0.39, 0.29) is 28.9 Å². The first-order chi connectivity index (χ1) is 38.1. The highest BCUT2D eigenvalue weighted by Gasteiger charge is 2.63. The molecule has 1 unspecified atom stereocenters. The quantitative estimate of drug-likeness (QED) is 0.178. The van der Waals surface area contributed by atoms with Crippen LogP contribution in [0.2, 0.25) is 0 Å². The lowest BCUT2D eigenvalue weighted by molar-refractivity contribution is -0.148. The van der Waals surface area contributed by atoms with Gasteiger partial charge < -0.3 is 20.1 Å². The Morgan fingerprint density at radius 1 is 0.537 bits per heavy atom. The van der Waals surface area contributed by atoms with E-state index in [1.165, 1.54) is 83.5 Å². The summed E-state index contributed by atoms with van der Waals surface area (Å²) in [5.74, 6) is 8.17. The van der Waals surface area contributed by atoms with E-state index in [1.807, 2.05) is 52.0 Å². The smallest absolute Gasteiger partial charge is 0.181 e. The summed E-state index contributed by atoms with van der Waals surface area (Å²) < 4.78 is 58.8. The van der Waals surface area contributed by atoms with Crippen molar-refractivity contribution < 1.29 is 36.9 Å². The lowest BCUT2D eigenvalue weighted by Crippen LogP contribution is -2.55. The van der Waals surface area contributed by atoms with Crippen LogP contribution in [0.15, 0.2) is 70.5 Å². The molecule has 8 nitrogen and oxygen atoms in total. The Bertz CT molecular complexity index is 2690. The fraction of sp³-hybridized carbons (Fsp3) is 0.833. The average molecular weight is 1170 g/mol. The van der Waals surface area contributed by atoms with E-state index in [4.69, 9.17) is 4.74 Å². The minimum absolute atomic E-state index is 0.258. The van der Waals surface area contributed by atoms with Crippen molar-refractivity contribution in [3.05, 3.63) is 60.7 Å². The van der Waals surface area contributed by atoms with Crippen LogP contribution in [-0.2, 0) is 24.4 Å². The molecule has 2 aromatic carbocycles. The lowest BCUT2D eigenvalue weighted by atomic mass is 9.43. The number of aliphatic hydroxyl groups excluding tert-OH is 1. The Balaban J connectivity index is 0.000000178. The van der Waals surface area contributed by atoms with Crippen LogP contribution in [0.1, 0.15) is 232 Å². The lowest BCUT2D eigenvalue weighted by Gasteiger charge is -2.62. The molecule has 1 aliphatic heterocycles. The van der Waals surface area contributed by atoms with Gasteiger partial charge in [-0.05, 0) is 276 Å². The number of aliphatic hydroxyl groups is 3. The Kier molecular flexibility index (Phi) is 18.6. The second-order valence-electron chi connectivity index (χ2n) is 33.6. The maximum atomic E-state index is 14.0. The first-order valence-electron chi connectivity index (χ1n) is 33.4. The third kappa shape index (κ3) is 13.0. The first kappa shape index (κ1) is 64.6. The first-order valence-corrected chi connectivity index (χ1v) is 36.6. The number of fused-ring (bicyclic) bond motifs is 10. The maximum Gasteiger partial charge on any atom is 0.181 e. The fourth-order valence-corrected chi connectivity index (χ4v) is 24.4. The minimum Gasteiger partial charge on any atom is -0.393 e. The monoisotopic (exact) mass is 1170 g/mol. The molecule has 0 spiro atoms. The number of sulfone groups is 2. The van der Waals surface area contributed by atoms with Gasteiger partial charge in [-0.25, -0.2) is 16.8 Å². The molecule has 9 aliphatic rings. The highest BCUT2D eigenvalue weighted by Crippen LogP contribution is 2.71. The van der Waals surface area contributed by atoms with Crippen LogP contribution < -0.4 is 0 Å². The van der Waals surface area contributed by atoms with Gasteiger partial charge in [0.2, 0.25) is 0 Å². The summed E-state index contributed by atoms with van der Waals surface area (Å²) in [5.41, 5.74) is 0.444. The zero-order valence-electron chi connectivity index (χ0n) is 53.9. The van der Waals surface area contributed by atoms with Crippen molar-refractivity contribution in [2.45, 2.75) is 270 Å². The molecule has 9 fully saturated rings. The number of benzene rings is 2. The molecule has 10 heteroatoms. The van der Waals surface area contributed by atoms with E-state index in [0.29, 0.717) is 73.6 Å². The van der Waals surface area contributed by atoms with Gasteiger partial charge in [0.05, 0.1) is 50.8 Å². The molecular formula is C72H116O8S2. The minimum atomic E-state index is -3.56. The zero-order valence-corrected chi connectivity index (χ0v) is 55.5. The fourth-order valence-electron chi connectivity index (χ4n) is 21.0. The van der Waals surface area contributed by atoms with Gasteiger partial charge in [-0.1, -0.05) is 119 Å². The van der Waals surface area contributed by atoms with Gasteiger partial charge in [0.1, 0.15) is 0 Å². The van der Waals surface area contributed by atoms with Crippen molar-refractivity contribution in [1.82, 2.24) is 0 Å². The van der Waals surface area contributed by atoms with Crippen molar-refractivity contribution in [3.8, 4) is 0 Å². The Morgan fingerprint density at radius 2 is 0.963 bits per heavy atom. The van der Waals surface area contributed by atoms with Crippen molar-refractivity contribution >= 4 is 19.7 Å². The number of rotatable bonds is 12. The Morgan fingerprint density at radius 3 is 1.38 bits per heavy atom. The van der Waals surface area contributed by atoms with E-state index < -0.39 is 42.2 Å². The third-order valence-corrected chi connectivity index (χ3v) is 30.3. The summed E-state index contributed by atoms with van der Waals surface area (Å²) in [6, 6.07) is 17.9. The summed E-state index contributed by atoms with van der Waals surface area (Å²) in [7, 11) is -6.77. The summed E-state index contributed by atoms with van der Waals surface area (Å²) in [4.78, 5) is 0.848. The largest absolute Gasteiger partial charge is 0.393 e. The van der Waals surface area contributed by atoms with Gasteiger partial charge in [-0.15, -0.1) is 0 Å². The molecule has 3 N–H and O–H groups in total. The highest BCUT2D eigenvalue weighted by molar-refractivity contribution is 7.92. The van der Waals surface area contributed by atoms with E-state index in [2.05, 4.69) is 69.2 Å². The van der Waals surface area contributed by atoms with E-state index in [0.717, 1.165) is 80.6 Å². The van der Waals surface area contributed by atoms with Crippen LogP contribution in [0.5, 0.6) is 0 Å². The van der Waals surface area contributed by atoms with Gasteiger partial charge >= 0.3 is 0 Å². The number of epoxide rings is 1. The Labute approximate surface area is 500 Å². The average Bonchev–Trinajstić information content (AvgIpc) is 2.02. The summed E-state index contributed by atoms with van der Waals surface area (Å²) in [5, 5.41) is 32.1. The standard InChI is InChI=1S/C36H58O4S.C30H46O3S.C6H12O/c1-24(21-27(22-32(37)33(2,3)4)41(39,40)26-11-9-8-10-12-26)29-15-16-30-28-14-13-25-23-34(5,38)19-20-35(25,6)31(28)17-18-36(29,30)7;1-21(15-19-34(32,33)23-8-6-5-7-9-23)25-12-13-26-24-11-10-22-20-28(2,31)17-18-29(22,3)27(24)14-16-30(25,26)4;1-6(2,3)5-4-7-5/h8-12,24-25,27-32,37-38H,13-23H2,1-7H3;5-9,21-22,24-27,31H,10-20H2,1-4H3;5H,4H2,1-3H3/t24-,25+,27?,28+,29-,30+,31+,32-,34+,35+,36-;21-,22+,24+,25-,26+,27+,28+,29+,30-;5-/m111/s1. The molecule has 8 aliphatic carbocycles. The summed E-state index contributed by atoms with van der Waals surface area (Å²) >= 11 is 0. The van der Waals surface area contributed by atoms with Crippen molar-refractivity contribution in [2.24, 2.45) is 104 Å². The van der Waals surface area contributed by atoms with Crippen molar-refractivity contribution in [1.29, 1.82) is 0 Å². The van der Waals surface area contributed by atoms with Crippen LogP contribution >= 0.6 is 0 Å². The highest BCUT2D eigenvalue weighted by atomic mass is 32.2. The van der Waals surface area contributed by atoms with Gasteiger partial charge in [-0.2, -0.15) is 0 Å². The summed E-state index contributed by atoms with van der Waals surface area (Å²) in [6.07, 6.45) is 23.1. The van der Waals surface area contributed by atoms with Gasteiger partial charge in [0.25, 0.3) is 0 Å². The SMILES string of the molecule is CC(C)(C)[C@H]1CO1.C[C@H](CC(C[C@@H](O)C(C)(C)C)S(=O)(=O)c1ccccc1)[C@H]1CC[C@H]2[C@@H]3CC[C@H]4C[C@@](C)(O)CC[C@]4(C)[C@H]3CC[C@]12C.C[C@H](CCS(=O)(=O)c1ccccc1)[C@H]1CC[C@H]2[C@@H]3CC[C@H]4C[C@@](C)(O)CC[C@]4(C)[C@H]3CC[C@]12C. The molecule has 0 bridgehead atoms. The number of hydrogen-bond donors (Lipinski definition) is 3. The normalized spacial score (nSPS) is 42.1. The van der Waals surface area contributed by atoms with Crippen LogP contribution in [0, 0.1) is 104 Å². The van der Waals surface area contributed by atoms with E-state index in [9.17, 15) is 32.2 Å². The summed E-state index contributed by atoms with van der Waals surface area (Å²) in [6.45, 7) is 32.5. The van der Waals surface area contributed by atoms with Gasteiger partial charge in [-0.3, -0.25) is 0 Å². The van der Waals surface area contributed by atoms with E-state index >= 15 is 0 Å². The van der Waals surface area contributed by atoms with Crippen molar-refractivity contribution in [2.75, 3.05) is 12.4 Å².